The summed E-state index contributed by atoms with van der Waals surface area (Å²) in [4.78, 5) is 28.5. The Morgan fingerprint density at radius 3 is 2.69 bits per heavy atom. The number of nitrogens with one attached hydrogen (secondary N) is 2. The van der Waals surface area contributed by atoms with Crippen molar-refractivity contribution in [2.24, 2.45) is 0 Å². The topological polar surface area (TPSA) is 106 Å². The van der Waals surface area contributed by atoms with Gasteiger partial charge in [-0.25, -0.2) is 9.78 Å². The van der Waals surface area contributed by atoms with Gasteiger partial charge in [0.25, 0.3) is 0 Å². The summed E-state index contributed by atoms with van der Waals surface area (Å²) >= 11 is 1.18. The highest BCUT2D eigenvalue weighted by atomic mass is 32.2. The largest absolute Gasteiger partial charge is 0.493 e. The van der Waals surface area contributed by atoms with E-state index in [1.807, 2.05) is 31.2 Å². The smallest absolute Gasteiger partial charge is 0.339 e. The number of benzene rings is 2. The molecule has 1 amide bonds. The van der Waals surface area contributed by atoms with Gasteiger partial charge < -0.3 is 14.8 Å². The number of aromatic nitrogens is 3. The van der Waals surface area contributed by atoms with Gasteiger partial charge in [-0.15, -0.1) is 5.10 Å². The van der Waals surface area contributed by atoms with E-state index < -0.39 is 5.97 Å². The number of carbonyl (C=O) groups excluding carboxylic acids is 2. The fourth-order valence-corrected chi connectivity index (χ4v) is 3.17. The van der Waals surface area contributed by atoms with Crippen molar-refractivity contribution < 1.29 is 19.1 Å². The number of hydrogen-bond donors (Lipinski definition) is 2. The van der Waals surface area contributed by atoms with E-state index in [0.29, 0.717) is 34.6 Å². The number of hydrogen-bond acceptors (Lipinski definition) is 7. The van der Waals surface area contributed by atoms with Crippen molar-refractivity contribution in [1.29, 1.82) is 0 Å². The molecule has 0 saturated carbocycles. The van der Waals surface area contributed by atoms with Crippen LogP contribution in [0.5, 0.6) is 5.75 Å². The van der Waals surface area contributed by atoms with Crippen LogP contribution in [0.4, 0.5) is 5.69 Å². The summed E-state index contributed by atoms with van der Waals surface area (Å²) in [5.74, 6) is 0.556. The Morgan fingerprint density at radius 2 is 1.90 bits per heavy atom. The van der Waals surface area contributed by atoms with Gasteiger partial charge in [-0.05, 0) is 31.2 Å². The lowest BCUT2D eigenvalue weighted by Gasteiger charge is -2.08. The maximum atomic E-state index is 12.3. The number of H-pyrrole nitrogens is 1. The molecule has 1 heterocycles. The fraction of sp³-hybridized carbons (Fsp3) is 0.200. The molecule has 150 valence electrons. The molecule has 0 bridgehead atoms. The van der Waals surface area contributed by atoms with Crippen molar-refractivity contribution in [1.82, 2.24) is 15.2 Å². The van der Waals surface area contributed by atoms with Crippen LogP contribution in [0.1, 0.15) is 17.3 Å². The van der Waals surface area contributed by atoms with Crippen LogP contribution in [-0.4, -0.2) is 46.5 Å². The molecule has 2 N–H and O–H groups in total. The van der Waals surface area contributed by atoms with E-state index in [4.69, 9.17) is 9.47 Å². The molecular formula is C20H20N4O4S. The number of methoxy groups -OCH3 is 1. The minimum absolute atomic E-state index is 0.0832. The van der Waals surface area contributed by atoms with E-state index in [1.165, 1.54) is 18.9 Å². The molecule has 2 aromatic carbocycles. The average Bonchev–Trinajstić information content (AvgIpc) is 3.22. The highest BCUT2D eigenvalue weighted by Crippen LogP contribution is 2.28. The Hall–Kier alpha value is -3.33. The quantitative estimate of drug-likeness (QED) is 0.431. The summed E-state index contributed by atoms with van der Waals surface area (Å²) in [7, 11) is 1.29. The molecule has 9 heteroatoms. The molecule has 0 aliphatic carbocycles. The first-order chi connectivity index (χ1) is 14.1. The van der Waals surface area contributed by atoms with Crippen molar-refractivity contribution in [2.75, 3.05) is 24.8 Å². The normalized spacial score (nSPS) is 10.4. The van der Waals surface area contributed by atoms with Gasteiger partial charge in [0, 0.05) is 0 Å². The lowest BCUT2D eigenvalue weighted by Crippen LogP contribution is -2.17. The number of ether oxygens (including phenoxy) is 2. The zero-order chi connectivity index (χ0) is 20.6. The first-order valence-electron chi connectivity index (χ1n) is 8.87. The van der Waals surface area contributed by atoms with E-state index in [2.05, 4.69) is 20.5 Å². The van der Waals surface area contributed by atoms with Gasteiger partial charge in [0.15, 0.2) is 5.82 Å². The lowest BCUT2D eigenvalue weighted by atomic mass is 10.2. The number of anilines is 1. The number of para-hydroxylation sites is 2. The molecule has 0 aliphatic heterocycles. The second-order valence-corrected chi connectivity index (χ2v) is 6.71. The number of aromatic amines is 1. The number of thioether (sulfide) groups is 1. The Balaban J connectivity index is 1.64. The Labute approximate surface area is 172 Å². The van der Waals surface area contributed by atoms with Gasteiger partial charge in [-0.1, -0.05) is 36.0 Å². The SMILES string of the molecule is CCOc1ccccc1-c1nc(SCC(=O)Nc2ccccc2C(=O)OC)n[nH]1. The van der Waals surface area contributed by atoms with Crippen molar-refractivity contribution >= 4 is 29.3 Å². The van der Waals surface area contributed by atoms with E-state index in [-0.39, 0.29) is 11.7 Å². The van der Waals surface area contributed by atoms with Crippen LogP contribution in [-0.2, 0) is 9.53 Å². The maximum Gasteiger partial charge on any atom is 0.339 e. The molecule has 0 fully saturated rings. The minimum atomic E-state index is -0.514. The van der Waals surface area contributed by atoms with Crippen molar-refractivity contribution in [3.63, 3.8) is 0 Å². The first kappa shape index (κ1) is 20.4. The number of carbonyl (C=O) groups is 2. The van der Waals surface area contributed by atoms with Crippen LogP contribution in [0.25, 0.3) is 11.4 Å². The highest BCUT2D eigenvalue weighted by molar-refractivity contribution is 7.99. The molecule has 0 spiro atoms. The van der Waals surface area contributed by atoms with E-state index in [9.17, 15) is 9.59 Å². The van der Waals surface area contributed by atoms with Crippen LogP contribution in [0.3, 0.4) is 0 Å². The summed E-state index contributed by atoms with van der Waals surface area (Å²) in [6.45, 7) is 2.45. The number of nitrogens with zero attached hydrogens (tertiary/aromatic N) is 2. The molecule has 0 unspecified atom stereocenters. The third-order valence-corrected chi connectivity index (χ3v) is 4.69. The van der Waals surface area contributed by atoms with E-state index in [0.717, 1.165) is 5.56 Å². The van der Waals surface area contributed by atoms with Crippen LogP contribution < -0.4 is 10.1 Å². The van der Waals surface area contributed by atoms with Gasteiger partial charge in [0.05, 0.1) is 36.3 Å². The van der Waals surface area contributed by atoms with Crippen molar-refractivity contribution in [3.8, 4) is 17.1 Å². The average molecular weight is 412 g/mol. The standard InChI is InChI=1S/C20H20N4O4S/c1-3-28-16-11-7-5-9-14(16)18-22-20(24-23-18)29-12-17(25)21-15-10-6-4-8-13(15)19(26)27-2/h4-11H,3,12H2,1-2H3,(H,21,25)(H,22,23,24). The van der Waals surface area contributed by atoms with Gasteiger partial charge in [0.1, 0.15) is 5.75 Å². The summed E-state index contributed by atoms with van der Waals surface area (Å²) in [5, 5.41) is 10.2. The Bertz CT molecular complexity index is 1010. The molecular weight excluding hydrogens is 392 g/mol. The Morgan fingerprint density at radius 1 is 1.14 bits per heavy atom. The van der Waals surface area contributed by atoms with Crippen LogP contribution in [0.15, 0.2) is 53.7 Å². The third kappa shape index (κ3) is 5.14. The van der Waals surface area contributed by atoms with Crippen molar-refractivity contribution in [3.05, 3.63) is 54.1 Å². The van der Waals surface area contributed by atoms with Gasteiger partial charge in [-0.2, -0.15) is 0 Å². The van der Waals surface area contributed by atoms with Crippen LogP contribution >= 0.6 is 11.8 Å². The summed E-state index contributed by atoms with van der Waals surface area (Å²) in [6.07, 6.45) is 0. The monoisotopic (exact) mass is 412 g/mol. The summed E-state index contributed by atoms with van der Waals surface area (Å²) < 4.78 is 10.3. The zero-order valence-corrected chi connectivity index (χ0v) is 16.8. The number of esters is 1. The Kier molecular flexibility index (Phi) is 6.85. The van der Waals surface area contributed by atoms with E-state index >= 15 is 0 Å². The predicted octanol–water partition coefficient (Wildman–Crippen LogP) is 3.39. The van der Waals surface area contributed by atoms with E-state index in [1.54, 1.807) is 24.3 Å². The number of amides is 1. The second-order valence-electron chi connectivity index (χ2n) is 5.77. The highest BCUT2D eigenvalue weighted by Gasteiger charge is 2.15. The molecule has 1 aromatic heterocycles. The molecule has 3 aromatic rings. The summed E-state index contributed by atoms with van der Waals surface area (Å²) in [5.41, 5.74) is 1.48. The van der Waals surface area contributed by atoms with Crippen molar-refractivity contribution in [2.45, 2.75) is 12.1 Å². The molecule has 0 atom stereocenters. The van der Waals surface area contributed by atoms with Gasteiger partial charge >= 0.3 is 5.97 Å². The molecule has 0 radical (unpaired) electrons. The molecule has 8 nitrogen and oxygen atoms in total. The van der Waals surface area contributed by atoms with Crippen LogP contribution in [0.2, 0.25) is 0 Å². The number of rotatable bonds is 8. The fourth-order valence-electron chi connectivity index (χ4n) is 2.57. The predicted molar refractivity (Wildman–Crippen MR) is 110 cm³/mol. The molecule has 0 aliphatic rings. The first-order valence-corrected chi connectivity index (χ1v) is 9.85. The molecule has 3 rings (SSSR count). The van der Waals surface area contributed by atoms with Gasteiger partial charge in [-0.3, -0.25) is 9.89 Å². The molecule has 29 heavy (non-hydrogen) atoms. The third-order valence-electron chi connectivity index (χ3n) is 3.85. The minimum Gasteiger partial charge on any atom is -0.493 e. The summed E-state index contributed by atoms with van der Waals surface area (Å²) in [6, 6.07) is 14.2. The molecule has 0 saturated heterocycles. The second kappa shape index (κ2) is 9.74. The van der Waals surface area contributed by atoms with Gasteiger partial charge in [0.2, 0.25) is 11.1 Å². The van der Waals surface area contributed by atoms with Crippen LogP contribution in [0, 0.1) is 0 Å². The maximum absolute atomic E-state index is 12.3. The zero-order valence-electron chi connectivity index (χ0n) is 16.0. The lowest BCUT2D eigenvalue weighted by molar-refractivity contribution is -0.113.